The summed E-state index contributed by atoms with van der Waals surface area (Å²) < 4.78 is 0. The molecule has 0 heterocycles. The summed E-state index contributed by atoms with van der Waals surface area (Å²) in [6.45, 7) is 1.98. The molecule has 4 nitrogen and oxygen atoms in total. The van der Waals surface area contributed by atoms with Crippen molar-refractivity contribution in [2.24, 2.45) is 11.8 Å². The van der Waals surface area contributed by atoms with Gasteiger partial charge in [0, 0.05) is 6.04 Å². The maximum Gasteiger partial charge on any atom is 0.224 e. The van der Waals surface area contributed by atoms with Crippen LogP contribution in [0.4, 0.5) is 0 Å². The van der Waals surface area contributed by atoms with Crippen LogP contribution < -0.4 is 10.6 Å². The van der Waals surface area contributed by atoms with Gasteiger partial charge in [-0.1, -0.05) is 56.0 Å². The van der Waals surface area contributed by atoms with Gasteiger partial charge in [-0.05, 0) is 31.7 Å². The molecule has 0 aromatic heterocycles. The highest BCUT2D eigenvalue weighted by Crippen LogP contribution is 2.39. The molecule has 2 fully saturated rings. The smallest absolute Gasteiger partial charge is 0.224 e. The Morgan fingerprint density at radius 1 is 0.958 bits per heavy atom. The minimum Gasteiger partial charge on any atom is -0.353 e. The summed E-state index contributed by atoms with van der Waals surface area (Å²) in [6.07, 6.45) is 7.81. The summed E-state index contributed by atoms with van der Waals surface area (Å²) in [5.41, 5.74) is 1.09. The highest BCUT2D eigenvalue weighted by molar-refractivity contribution is 5.92. The predicted octanol–water partition coefficient (Wildman–Crippen LogP) is 3.34. The van der Waals surface area contributed by atoms with Gasteiger partial charge in [-0.25, -0.2) is 0 Å². The van der Waals surface area contributed by atoms with Crippen LogP contribution in [0.1, 0.15) is 63.5 Å². The third kappa shape index (κ3) is 4.37. The number of amides is 2. The van der Waals surface area contributed by atoms with Crippen molar-refractivity contribution in [3.8, 4) is 0 Å². The van der Waals surface area contributed by atoms with Gasteiger partial charge in [0.1, 0.15) is 0 Å². The van der Waals surface area contributed by atoms with Crippen molar-refractivity contribution in [3.05, 3.63) is 35.9 Å². The zero-order chi connectivity index (χ0) is 16.9. The summed E-state index contributed by atoms with van der Waals surface area (Å²) in [5, 5.41) is 6.21. The zero-order valence-corrected chi connectivity index (χ0v) is 14.5. The molecule has 2 aliphatic carbocycles. The van der Waals surface area contributed by atoms with Crippen LogP contribution in [0, 0.1) is 11.8 Å². The van der Waals surface area contributed by atoms with Crippen molar-refractivity contribution >= 4 is 11.8 Å². The molecular weight excluding hydrogens is 300 g/mol. The standard InChI is InChI=1S/C20H28N2O2/c1-14(15-9-5-4-6-10-15)21-19(23)17-13-18(17)20(24)22-16-11-7-2-3-8-12-16/h4-6,9-10,14,16-18H,2-3,7-8,11-13H2,1H3,(H,21,23)(H,22,24). The molecule has 1 aromatic rings. The Hall–Kier alpha value is -1.84. The van der Waals surface area contributed by atoms with Crippen LogP contribution in [0.2, 0.25) is 0 Å². The summed E-state index contributed by atoms with van der Waals surface area (Å²) in [4.78, 5) is 24.7. The fourth-order valence-electron chi connectivity index (χ4n) is 3.65. The van der Waals surface area contributed by atoms with Gasteiger partial charge in [0.05, 0.1) is 17.9 Å². The molecule has 2 amide bonds. The average Bonchev–Trinajstić information content (AvgIpc) is 3.40. The molecule has 3 rings (SSSR count). The van der Waals surface area contributed by atoms with Crippen molar-refractivity contribution < 1.29 is 9.59 Å². The summed E-state index contributed by atoms with van der Waals surface area (Å²) in [6, 6.07) is 10.2. The molecule has 2 aliphatic rings. The summed E-state index contributed by atoms with van der Waals surface area (Å²) in [7, 11) is 0. The number of carbonyl (C=O) groups is 2. The SMILES string of the molecule is CC(NC(=O)C1CC1C(=O)NC1CCCCCC1)c1ccccc1. The van der Waals surface area contributed by atoms with E-state index in [1.807, 2.05) is 37.3 Å². The summed E-state index contributed by atoms with van der Waals surface area (Å²) in [5.74, 6) is -0.194. The Bertz CT molecular complexity index is 564. The first-order chi connectivity index (χ1) is 11.6. The molecule has 0 saturated heterocycles. The molecule has 4 heteroatoms. The quantitative estimate of drug-likeness (QED) is 0.815. The largest absolute Gasteiger partial charge is 0.353 e. The lowest BCUT2D eigenvalue weighted by molar-refractivity contribution is -0.128. The van der Waals surface area contributed by atoms with E-state index >= 15 is 0 Å². The second-order valence-electron chi connectivity index (χ2n) is 7.29. The van der Waals surface area contributed by atoms with Crippen molar-refractivity contribution in [1.29, 1.82) is 0 Å². The molecule has 0 bridgehead atoms. The fraction of sp³-hybridized carbons (Fsp3) is 0.600. The first-order valence-electron chi connectivity index (χ1n) is 9.31. The van der Waals surface area contributed by atoms with Crippen molar-refractivity contribution in [2.45, 2.75) is 64.0 Å². The normalized spacial score (nSPS) is 25.4. The van der Waals surface area contributed by atoms with E-state index < -0.39 is 0 Å². The summed E-state index contributed by atoms with van der Waals surface area (Å²) >= 11 is 0. The minimum atomic E-state index is -0.151. The van der Waals surface area contributed by atoms with Crippen molar-refractivity contribution in [2.75, 3.05) is 0 Å². The lowest BCUT2D eigenvalue weighted by Gasteiger charge is -2.17. The number of rotatable bonds is 5. The Labute approximate surface area is 144 Å². The van der Waals surface area contributed by atoms with Gasteiger partial charge in [0.15, 0.2) is 0 Å². The van der Waals surface area contributed by atoms with Crippen molar-refractivity contribution in [3.63, 3.8) is 0 Å². The minimum absolute atomic E-state index is 0.00682. The molecule has 24 heavy (non-hydrogen) atoms. The van der Waals surface area contributed by atoms with E-state index in [1.54, 1.807) is 0 Å². The maximum absolute atomic E-state index is 12.4. The van der Waals surface area contributed by atoms with Gasteiger partial charge < -0.3 is 10.6 Å². The van der Waals surface area contributed by atoms with E-state index in [0.29, 0.717) is 12.5 Å². The van der Waals surface area contributed by atoms with Gasteiger partial charge in [-0.15, -0.1) is 0 Å². The van der Waals surface area contributed by atoms with E-state index in [1.165, 1.54) is 25.7 Å². The fourth-order valence-corrected chi connectivity index (χ4v) is 3.65. The van der Waals surface area contributed by atoms with Crippen LogP contribution >= 0.6 is 0 Å². The first kappa shape index (κ1) is 17.0. The van der Waals surface area contributed by atoms with E-state index in [9.17, 15) is 9.59 Å². The van der Waals surface area contributed by atoms with E-state index in [4.69, 9.17) is 0 Å². The second-order valence-corrected chi connectivity index (χ2v) is 7.29. The molecule has 2 N–H and O–H groups in total. The molecular formula is C20H28N2O2. The molecule has 3 unspecified atom stereocenters. The Morgan fingerprint density at radius 3 is 2.25 bits per heavy atom. The van der Waals surface area contributed by atoms with Crippen LogP contribution in [0.5, 0.6) is 0 Å². The molecule has 0 aliphatic heterocycles. The van der Waals surface area contributed by atoms with E-state index in [2.05, 4.69) is 10.6 Å². The molecule has 3 atom stereocenters. The van der Waals surface area contributed by atoms with Gasteiger partial charge >= 0.3 is 0 Å². The Balaban J connectivity index is 1.45. The van der Waals surface area contributed by atoms with Gasteiger partial charge in [-0.3, -0.25) is 9.59 Å². The molecule has 130 valence electrons. The van der Waals surface area contributed by atoms with Gasteiger partial charge in [-0.2, -0.15) is 0 Å². The van der Waals surface area contributed by atoms with Gasteiger partial charge in [0.2, 0.25) is 11.8 Å². The van der Waals surface area contributed by atoms with Crippen LogP contribution in [-0.4, -0.2) is 17.9 Å². The topological polar surface area (TPSA) is 58.2 Å². The number of hydrogen-bond acceptors (Lipinski definition) is 2. The monoisotopic (exact) mass is 328 g/mol. The third-order valence-corrected chi connectivity index (χ3v) is 5.32. The van der Waals surface area contributed by atoms with Crippen LogP contribution in [0.15, 0.2) is 30.3 Å². The molecule has 0 spiro atoms. The van der Waals surface area contributed by atoms with Crippen LogP contribution in [-0.2, 0) is 9.59 Å². The number of nitrogens with one attached hydrogen (secondary N) is 2. The number of hydrogen-bond donors (Lipinski definition) is 2. The van der Waals surface area contributed by atoms with Crippen LogP contribution in [0.3, 0.4) is 0 Å². The molecule has 1 aromatic carbocycles. The first-order valence-corrected chi connectivity index (χ1v) is 9.31. The molecule has 0 radical (unpaired) electrons. The second kappa shape index (κ2) is 7.82. The van der Waals surface area contributed by atoms with E-state index in [0.717, 1.165) is 18.4 Å². The van der Waals surface area contributed by atoms with Crippen molar-refractivity contribution in [1.82, 2.24) is 10.6 Å². The van der Waals surface area contributed by atoms with Crippen LogP contribution in [0.25, 0.3) is 0 Å². The Kier molecular flexibility index (Phi) is 5.54. The lowest BCUT2D eigenvalue weighted by Crippen LogP contribution is -2.37. The number of carbonyl (C=O) groups excluding carboxylic acids is 2. The number of benzene rings is 1. The highest BCUT2D eigenvalue weighted by atomic mass is 16.2. The third-order valence-electron chi connectivity index (χ3n) is 5.32. The highest BCUT2D eigenvalue weighted by Gasteiger charge is 2.48. The maximum atomic E-state index is 12.4. The molecule has 2 saturated carbocycles. The Morgan fingerprint density at radius 2 is 1.58 bits per heavy atom. The predicted molar refractivity (Wildman–Crippen MR) is 94.2 cm³/mol. The van der Waals surface area contributed by atoms with E-state index in [-0.39, 0.29) is 29.7 Å². The lowest BCUT2D eigenvalue weighted by atomic mass is 10.1. The average molecular weight is 328 g/mol. The van der Waals surface area contributed by atoms with Gasteiger partial charge in [0.25, 0.3) is 0 Å². The zero-order valence-electron chi connectivity index (χ0n) is 14.5.